The van der Waals surface area contributed by atoms with Crippen LogP contribution < -0.4 is 10.9 Å². The summed E-state index contributed by atoms with van der Waals surface area (Å²) in [4.78, 5) is 31.7. The van der Waals surface area contributed by atoms with E-state index in [1.165, 1.54) is 22.8 Å². The molecule has 2 heterocycles. The van der Waals surface area contributed by atoms with Gasteiger partial charge in [0.15, 0.2) is 0 Å². The highest BCUT2D eigenvalue weighted by Gasteiger charge is 2.31. The van der Waals surface area contributed by atoms with E-state index in [1.54, 1.807) is 6.92 Å². The van der Waals surface area contributed by atoms with Gasteiger partial charge in [-0.1, -0.05) is 11.6 Å². The van der Waals surface area contributed by atoms with Gasteiger partial charge in [0, 0.05) is 4.88 Å². The lowest BCUT2D eigenvalue weighted by Crippen LogP contribution is -2.34. The first-order valence-corrected chi connectivity index (χ1v) is 9.77. The molecule has 3 aromatic rings. The normalized spacial score (nSPS) is 13.0. The molecule has 5 nitrogen and oxygen atoms in total. The van der Waals surface area contributed by atoms with E-state index in [0.717, 1.165) is 28.6 Å². The van der Waals surface area contributed by atoms with E-state index in [2.05, 4.69) is 10.3 Å². The van der Waals surface area contributed by atoms with Gasteiger partial charge in [-0.25, -0.2) is 4.98 Å². The summed E-state index contributed by atoms with van der Waals surface area (Å²) in [6.45, 7) is 6.77. The van der Waals surface area contributed by atoms with Crippen molar-refractivity contribution < 1.29 is 18.0 Å². The number of benzene rings is 1. The van der Waals surface area contributed by atoms with Crippen molar-refractivity contribution in [2.24, 2.45) is 0 Å². The molecule has 29 heavy (non-hydrogen) atoms. The first kappa shape index (κ1) is 21.3. The molecule has 1 amide bonds. The van der Waals surface area contributed by atoms with Crippen molar-refractivity contribution >= 4 is 44.7 Å². The molecule has 1 aromatic carbocycles. The molecule has 0 aliphatic rings. The fourth-order valence-corrected chi connectivity index (χ4v) is 4.25. The number of amides is 1. The number of nitrogens with zero attached hydrogens (tertiary/aromatic N) is 2. The highest BCUT2D eigenvalue weighted by atomic mass is 35.5. The number of halogens is 4. The van der Waals surface area contributed by atoms with Crippen LogP contribution in [-0.2, 0) is 11.0 Å². The summed E-state index contributed by atoms with van der Waals surface area (Å²) in [7, 11) is 0. The Hall–Kier alpha value is -2.39. The van der Waals surface area contributed by atoms with Crippen molar-refractivity contribution in [2.75, 3.05) is 5.32 Å². The zero-order valence-electron chi connectivity index (χ0n) is 15.9. The van der Waals surface area contributed by atoms with E-state index < -0.39 is 23.7 Å². The Bertz CT molecular complexity index is 1180. The van der Waals surface area contributed by atoms with Crippen LogP contribution in [0.25, 0.3) is 10.2 Å². The highest BCUT2D eigenvalue weighted by Crippen LogP contribution is 2.34. The van der Waals surface area contributed by atoms with Crippen molar-refractivity contribution in [3.63, 3.8) is 0 Å². The van der Waals surface area contributed by atoms with Gasteiger partial charge in [0.2, 0.25) is 5.91 Å². The third-order valence-corrected chi connectivity index (χ3v) is 6.16. The zero-order valence-corrected chi connectivity index (χ0v) is 17.5. The van der Waals surface area contributed by atoms with Gasteiger partial charge in [-0.3, -0.25) is 14.2 Å². The maximum atomic E-state index is 13.0. The van der Waals surface area contributed by atoms with Crippen molar-refractivity contribution in [3.05, 3.63) is 55.4 Å². The number of carbonyl (C=O) groups is 1. The number of alkyl halides is 3. The molecule has 154 valence electrons. The van der Waals surface area contributed by atoms with Gasteiger partial charge in [-0.2, -0.15) is 13.2 Å². The van der Waals surface area contributed by atoms with Crippen LogP contribution in [0.1, 0.15) is 34.8 Å². The molecule has 0 spiro atoms. The second-order valence-corrected chi connectivity index (χ2v) is 8.27. The second-order valence-electron chi connectivity index (χ2n) is 6.66. The monoisotopic (exact) mass is 443 g/mol. The van der Waals surface area contributed by atoms with Gasteiger partial charge in [-0.15, -0.1) is 11.3 Å². The summed E-state index contributed by atoms with van der Waals surface area (Å²) >= 11 is 7.34. The topological polar surface area (TPSA) is 64.0 Å². The number of anilines is 1. The molecule has 1 unspecified atom stereocenters. The lowest BCUT2D eigenvalue weighted by molar-refractivity contribution is -0.137. The second kappa shape index (κ2) is 7.46. The van der Waals surface area contributed by atoms with Crippen LogP contribution in [-0.4, -0.2) is 15.5 Å². The van der Waals surface area contributed by atoms with Gasteiger partial charge in [0.05, 0.1) is 21.7 Å². The molecule has 0 fully saturated rings. The predicted molar refractivity (Wildman–Crippen MR) is 108 cm³/mol. The van der Waals surface area contributed by atoms with Crippen LogP contribution in [0.5, 0.6) is 0 Å². The molecule has 2 aromatic heterocycles. The number of hydrogen-bond donors (Lipinski definition) is 1. The maximum absolute atomic E-state index is 13.0. The third-order valence-electron chi connectivity index (χ3n) is 4.73. The Morgan fingerprint density at radius 1 is 1.28 bits per heavy atom. The molecule has 1 N–H and O–H groups in total. The average molecular weight is 444 g/mol. The van der Waals surface area contributed by atoms with Crippen LogP contribution in [0.15, 0.2) is 23.0 Å². The Kier molecular flexibility index (Phi) is 5.48. The maximum Gasteiger partial charge on any atom is 0.416 e. The minimum absolute atomic E-state index is 0.0412. The summed E-state index contributed by atoms with van der Waals surface area (Å²) < 4.78 is 40.1. The number of carbonyl (C=O) groups excluding carboxylic acids is 1. The number of aromatic nitrogens is 2. The van der Waals surface area contributed by atoms with Crippen molar-refractivity contribution in [1.82, 2.24) is 9.55 Å². The SMILES string of the molecule is Cc1sc2nc(C)n(C(C)C(=O)Nc3cc(C(F)(F)F)ccc3Cl)c(=O)c2c1C. The van der Waals surface area contributed by atoms with E-state index >= 15 is 0 Å². The zero-order chi connectivity index (χ0) is 21.7. The molecule has 0 saturated carbocycles. The van der Waals surface area contributed by atoms with Crippen LogP contribution >= 0.6 is 22.9 Å². The Labute approximate surface area is 173 Å². The minimum atomic E-state index is -4.58. The molecular formula is C19H17ClF3N3O2S. The van der Waals surface area contributed by atoms with Gasteiger partial charge < -0.3 is 5.32 Å². The molecule has 0 saturated heterocycles. The van der Waals surface area contributed by atoms with E-state index in [0.29, 0.717) is 16.0 Å². The van der Waals surface area contributed by atoms with Crippen LogP contribution in [0.2, 0.25) is 5.02 Å². The fraction of sp³-hybridized carbons (Fsp3) is 0.316. The molecule has 1 atom stereocenters. The Balaban J connectivity index is 2.00. The number of nitrogens with one attached hydrogen (secondary N) is 1. The molecule has 10 heteroatoms. The van der Waals surface area contributed by atoms with E-state index in [4.69, 9.17) is 11.6 Å². The quantitative estimate of drug-likeness (QED) is 0.601. The van der Waals surface area contributed by atoms with E-state index in [1.807, 2.05) is 13.8 Å². The number of thiophene rings is 1. The number of rotatable bonds is 3. The van der Waals surface area contributed by atoms with Gasteiger partial charge in [0.1, 0.15) is 16.7 Å². The lowest BCUT2D eigenvalue weighted by Gasteiger charge is -2.18. The first-order valence-electron chi connectivity index (χ1n) is 8.58. The van der Waals surface area contributed by atoms with Crippen LogP contribution in [0.4, 0.5) is 18.9 Å². The summed E-state index contributed by atoms with van der Waals surface area (Å²) in [5.74, 6) is -0.344. The molecule has 0 aliphatic heterocycles. The summed E-state index contributed by atoms with van der Waals surface area (Å²) in [5.41, 5.74) is -0.691. The largest absolute Gasteiger partial charge is 0.416 e. The molecule has 0 bridgehead atoms. The van der Waals surface area contributed by atoms with Gasteiger partial charge in [0.25, 0.3) is 5.56 Å². The Morgan fingerprint density at radius 3 is 2.55 bits per heavy atom. The van der Waals surface area contributed by atoms with Crippen molar-refractivity contribution in [3.8, 4) is 0 Å². The molecular weight excluding hydrogens is 427 g/mol. The van der Waals surface area contributed by atoms with Gasteiger partial charge in [-0.05, 0) is 51.5 Å². The van der Waals surface area contributed by atoms with Gasteiger partial charge >= 0.3 is 6.18 Å². The smallest absolute Gasteiger partial charge is 0.323 e. The summed E-state index contributed by atoms with van der Waals surface area (Å²) in [6.07, 6.45) is -4.58. The number of fused-ring (bicyclic) bond motifs is 1. The van der Waals surface area contributed by atoms with Crippen molar-refractivity contribution in [2.45, 2.75) is 39.9 Å². The minimum Gasteiger partial charge on any atom is -0.323 e. The molecule has 0 radical (unpaired) electrons. The van der Waals surface area contributed by atoms with E-state index in [9.17, 15) is 22.8 Å². The Morgan fingerprint density at radius 2 is 1.93 bits per heavy atom. The highest BCUT2D eigenvalue weighted by molar-refractivity contribution is 7.18. The number of aryl methyl sites for hydroxylation is 3. The predicted octanol–water partition coefficient (Wildman–Crippen LogP) is 5.26. The molecule has 0 aliphatic carbocycles. The summed E-state index contributed by atoms with van der Waals surface area (Å²) in [6, 6.07) is 1.64. The van der Waals surface area contributed by atoms with Crippen LogP contribution in [0, 0.1) is 20.8 Å². The average Bonchev–Trinajstić information content (AvgIpc) is 2.89. The lowest BCUT2D eigenvalue weighted by atomic mass is 10.1. The molecule has 3 rings (SSSR count). The number of hydrogen-bond acceptors (Lipinski definition) is 4. The first-order chi connectivity index (χ1) is 13.4. The van der Waals surface area contributed by atoms with Crippen LogP contribution in [0.3, 0.4) is 0 Å². The third kappa shape index (κ3) is 3.89. The van der Waals surface area contributed by atoms with Crippen molar-refractivity contribution in [1.29, 1.82) is 0 Å². The fourth-order valence-electron chi connectivity index (χ4n) is 3.02. The summed E-state index contributed by atoms with van der Waals surface area (Å²) in [5, 5.41) is 2.79. The van der Waals surface area contributed by atoms with E-state index in [-0.39, 0.29) is 16.3 Å². The standard InChI is InChI=1S/C19H17ClF3N3O2S/c1-8-10(3)29-17-15(8)18(28)26(11(4)24-17)9(2)16(27)25-14-7-12(19(21,22)23)5-6-13(14)20/h5-7,9H,1-4H3,(H,25,27).